The first-order valence-electron chi connectivity index (χ1n) is 4.60. The lowest BCUT2D eigenvalue weighted by Crippen LogP contribution is -1.82. The van der Waals surface area contributed by atoms with Gasteiger partial charge in [-0.2, -0.15) is 0 Å². The van der Waals surface area contributed by atoms with Crippen LogP contribution < -0.4 is 0 Å². The molecule has 0 bridgehead atoms. The maximum atomic E-state index is 2.32. The van der Waals surface area contributed by atoms with Gasteiger partial charge in [0.15, 0.2) is 0 Å². The lowest BCUT2D eigenvalue weighted by Gasteiger charge is -2.02. The smallest absolute Gasteiger partial charge is 0.0102 e. The summed E-state index contributed by atoms with van der Waals surface area (Å²) in [5.41, 5.74) is 4.73. The number of allylic oxidation sites excluding steroid dienone is 4. The van der Waals surface area contributed by atoms with Crippen LogP contribution in [0.15, 0.2) is 22.8 Å². The molecule has 0 heteroatoms. The zero-order chi connectivity index (χ0) is 8.27. The van der Waals surface area contributed by atoms with Crippen LogP contribution in [-0.2, 0) is 0 Å². The molecular weight excluding hydrogens is 132 g/mol. The van der Waals surface area contributed by atoms with E-state index in [2.05, 4.69) is 26.8 Å². The molecule has 62 valence electrons. The van der Waals surface area contributed by atoms with Crippen molar-refractivity contribution >= 4 is 0 Å². The van der Waals surface area contributed by atoms with Gasteiger partial charge in [-0.3, -0.25) is 0 Å². The van der Waals surface area contributed by atoms with E-state index in [0.717, 1.165) is 0 Å². The average molecular weight is 150 g/mol. The van der Waals surface area contributed by atoms with Crippen LogP contribution in [0.5, 0.6) is 0 Å². The van der Waals surface area contributed by atoms with E-state index in [1.54, 1.807) is 5.57 Å². The van der Waals surface area contributed by atoms with E-state index >= 15 is 0 Å². The monoisotopic (exact) mass is 150 g/mol. The van der Waals surface area contributed by atoms with Gasteiger partial charge >= 0.3 is 0 Å². The highest BCUT2D eigenvalue weighted by atomic mass is 14.1. The summed E-state index contributed by atoms with van der Waals surface area (Å²) < 4.78 is 0. The Hall–Kier alpha value is -0.520. The van der Waals surface area contributed by atoms with Crippen LogP contribution in [-0.4, -0.2) is 0 Å². The van der Waals surface area contributed by atoms with Gasteiger partial charge in [0.05, 0.1) is 0 Å². The molecule has 0 aromatic carbocycles. The quantitative estimate of drug-likeness (QED) is 0.573. The second kappa shape index (κ2) is 3.75. The highest BCUT2D eigenvalue weighted by molar-refractivity contribution is 5.36. The Morgan fingerprint density at radius 3 is 2.55 bits per heavy atom. The predicted octanol–water partition coefficient (Wildman–Crippen LogP) is 3.84. The Bertz CT molecular complexity index is 194. The largest absolute Gasteiger partial charge is 0.0690 e. The lowest BCUT2D eigenvalue weighted by molar-refractivity contribution is 0.771. The topological polar surface area (TPSA) is 0 Å². The van der Waals surface area contributed by atoms with Crippen molar-refractivity contribution in [2.45, 2.75) is 46.5 Å². The van der Waals surface area contributed by atoms with Crippen LogP contribution in [0.4, 0.5) is 0 Å². The Kier molecular flexibility index (Phi) is 2.92. The first-order valence-corrected chi connectivity index (χ1v) is 4.60. The van der Waals surface area contributed by atoms with Gasteiger partial charge in [0.2, 0.25) is 0 Å². The molecule has 0 N–H and O–H groups in total. The molecule has 0 unspecified atom stereocenters. The van der Waals surface area contributed by atoms with E-state index in [1.165, 1.54) is 36.8 Å². The molecule has 0 fully saturated rings. The van der Waals surface area contributed by atoms with Crippen molar-refractivity contribution in [1.82, 2.24) is 0 Å². The minimum atomic E-state index is 1.24. The minimum absolute atomic E-state index is 1.24. The fourth-order valence-corrected chi connectivity index (χ4v) is 1.67. The zero-order valence-corrected chi connectivity index (χ0v) is 7.91. The number of hydrogen-bond acceptors (Lipinski definition) is 0. The summed E-state index contributed by atoms with van der Waals surface area (Å²) in [5, 5.41) is 0. The molecule has 0 amide bonds. The first-order chi connectivity index (χ1) is 5.24. The van der Waals surface area contributed by atoms with Gasteiger partial charge < -0.3 is 0 Å². The van der Waals surface area contributed by atoms with Gasteiger partial charge in [0, 0.05) is 0 Å². The standard InChI is InChI=1S/C11H18/c1-4-5-6-11-8-9(2)7-10(11)3/h7H,4-6,8H2,1-3H3. The van der Waals surface area contributed by atoms with Gasteiger partial charge in [-0.15, -0.1) is 0 Å². The molecule has 1 aliphatic rings. The third kappa shape index (κ3) is 2.21. The summed E-state index contributed by atoms with van der Waals surface area (Å²) in [6.07, 6.45) is 7.55. The van der Waals surface area contributed by atoms with Crippen molar-refractivity contribution in [3.8, 4) is 0 Å². The van der Waals surface area contributed by atoms with Crippen LogP contribution in [0.2, 0.25) is 0 Å². The first kappa shape index (κ1) is 8.58. The Balaban J connectivity index is 2.44. The third-order valence-electron chi connectivity index (χ3n) is 2.34. The van der Waals surface area contributed by atoms with Crippen LogP contribution in [0.25, 0.3) is 0 Å². The molecule has 0 heterocycles. The van der Waals surface area contributed by atoms with E-state index in [-0.39, 0.29) is 0 Å². The summed E-state index contributed by atoms with van der Waals surface area (Å²) in [7, 11) is 0. The molecule has 11 heavy (non-hydrogen) atoms. The molecule has 0 saturated carbocycles. The fraction of sp³-hybridized carbons (Fsp3) is 0.636. The molecule has 0 spiro atoms. The normalized spacial score (nSPS) is 17.5. The van der Waals surface area contributed by atoms with Crippen molar-refractivity contribution in [3.63, 3.8) is 0 Å². The molecule has 1 aliphatic carbocycles. The Labute approximate surface area is 70.0 Å². The van der Waals surface area contributed by atoms with Gasteiger partial charge in [-0.1, -0.05) is 36.1 Å². The van der Waals surface area contributed by atoms with E-state index in [1.807, 2.05) is 0 Å². The maximum Gasteiger partial charge on any atom is -0.0102 e. The molecule has 0 atom stereocenters. The lowest BCUT2D eigenvalue weighted by atomic mass is 10.0. The van der Waals surface area contributed by atoms with Crippen molar-refractivity contribution in [3.05, 3.63) is 22.8 Å². The molecule has 0 saturated heterocycles. The zero-order valence-electron chi connectivity index (χ0n) is 7.91. The van der Waals surface area contributed by atoms with E-state index < -0.39 is 0 Å². The van der Waals surface area contributed by atoms with Gasteiger partial charge in [-0.05, 0) is 33.1 Å². The molecule has 0 aliphatic heterocycles. The van der Waals surface area contributed by atoms with Crippen LogP contribution in [0, 0.1) is 0 Å². The van der Waals surface area contributed by atoms with Crippen LogP contribution in [0.1, 0.15) is 46.5 Å². The Morgan fingerprint density at radius 1 is 1.36 bits per heavy atom. The minimum Gasteiger partial charge on any atom is -0.0690 e. The maximum absolute atomic E-state index is 2.32. The molecule has 1 rings (SSSR count). The van der Waals surface area contributed by atoms with E-state index in [9.17, 15) is 0 Å². The van der Waals surface area contributed by atoms with E-state index in [4.69, 9.17) is 0 Å². The molecule has 0 aromatic heterocycles. The number of unbranched alkanes of at least 4 members (excludes halogenated alkanes) is 1. The van der Waals surface area contributed by atoms with Crippen LogP contribution in [0.3, 0.4) is 0 Å². The van der Waals surface area contributed by atoms with Crippen molar-refractivity contribution < 1.29 is 0 Å². The summed E-state index contributed by atoms with van der Waals surface area (Å²) >= 11 is 0. The van der Waals surface area contributed by atoms with E-state index in [0.29, 0.717) is 0 Å². The summed E-state index contributed by atoms with van der Waals surface area (Å²) in [6.45, 7) is 6.72. The van der Waals surface area contributed by atoms with Crippen molar-refractivity contribution in [2.24, 2.45) is 0 Å². The average Bonchev–Trinajstić information content (AvgIpc) is 2.26. The van der Waals surface area contributed by atoms with Crippen LogP contribution >= 0.6 is 0 Å². The molecule has 0 nitrogen and oxygen atoms in total. The number of rotatable bonds is 3. The summed E-state index contributed by atoms with van der Waals surface area (Å²) in [4.78, 5) is 0. The van der Waals surface area contributed by atoms with Gasteiger partial charge in [0.1, 0.15) is 0 Å². The SMILES string of the molecule is CCCCC1=C(C)C=C(C)C1. The predicted molar refractivity (Wildman–Crippen MR) is 50.6 cm³/mol. The highest BCUT2D eigenvalue weighted by Crippen LogP contribution is 2.28. The molecular formula is C11H18. The fourth-order valence-electron chi connectivity index (χ4n) is 1.67. The second-order valence-electron chi connectivity index (χ2n) is 3.56. The van der Waals surface area contributed by atoms with Gasteiger partial charge in [0.25, 0.3) is 0 Å². The van der Waals surface area contributed by atoms with Crippen molar-refractivity contribution in [2.75, 3.05) is 0 Å². The van der Waals surface area contributed by atoms with Crippen molar-refractivity contribution in [1.29, 1.82) is 0 Å². The second-order valence-corrected chi connectivity index (χ2v) is 3.56. The van der Waals surface area contributed by atoms with Gasteiger partial charge in [-0.25, -0.2) is 0 Å². The molecule has 0 aromatic rings. The summed E-state index contributed by atoms with van der Waals surface area (Å²) in [5.74, 6) is 0. The highest BCUT2D eigenvalue weighted by Gasteiger charge is 2.08. The molecule has 0 radical (unpaired) electrons. The third-order valence-corrected chi connectivity index (χ3v) is 2.34. The number of hydrogen-bond donors (Lipinski definition) is 0. The summed E-state index contributed by atoms with van der Waals surface area (Å²) in [6, 6.07) is 0. The Morgan fingerprint density at radius 2 is 2.09 bits per heavy atom.